The van der Waals surface area contributed by atoms with Crippen LogP contribution in [0.2, 0.25) is 0 Å². The van der Waals surface area contributed by atoms with Crippen molar-refractivity contribution in [2.45, 2.75) is 57.4 Å². The fourth-order valence-electron chi connectivity index (χ4n) is 3.13. The second-order valence-corrected chi connectivity index (χ2v) is 5.25. The van der Waals surface area contributed by atoms with Gasteiger partial charge >= 0.3 is 0 Å². The summed E-state index contributed by atoms with van der Waals surface area (Å²) >= 11 is 0. The maximum atomic E-state index is 12.4. The quantitative estimate of drug-likeness (QED) is 0.728. The summed E-state index contributed by atoms with van der Waals surface area (Å²) in [5.41, 5.74) is 5.73. The Bertz CT molecular complexity index is 234. The van der Waals surface area contributed by atoms with Crippen molar-refractivity contribution in [1.29, 1.82) is 0 Å². The smallest absolute Gasteiger partial charge is 0.225 e. The fraction of sp³-hybridized carbons (Fsp3) is 0.923. The summed E-state index contributed by atoms with van der Waals surface area (Å²) < 4.78 is 0. The van der Waals surface area contributed by atoms with Crippen LogP contribution in [0.25, 0.3) is 0 Å². The minimum Gasteiger partial charge on any atom is -0.338 e. The van der Waals surface area contributed by atoms with Crippen LogP contribution < -0.4 is 5.73 Å². The van der Waals surface area contributed by atoms with E-state index in [1.54, 1.807) is 0 Å². The van der Waals surface area contributed by atoms with Crippen molar-refractivity contribution in [2.24, 2.45) is 11.7 Å². The van der Waals surface area contributed by atoms with Gasteiger partial charge in [0.15, 0.2) is 0 Å². The first-order valence-electron chi connectivity index (χ1n) is 6.83. The molecule has 0 radical (unpaired) electrons. The average Bonchev–Trinajstić information content (AvgIpc) is 2.61. The van der Waals surface area contributed by atoms with Gasteiger partial charge in [0.1, 0.15) is 0 Å². The number of hydrogen-bond acceptors (Lipinski definition) is 2. The molecule has 2 rings (SSSR count). The van der Waals surface area contributed by atoms with Crippen LogP contribution in [0, 0.1) is 5.92 Å². The van der Waals surface area contributed by atoms with E-state index in [1.165, 1.54) is 25.7 Å². The molecule has 1 aliphatic heterocycles. The molecule has 2 N–H and O–H groups in total. The van der Waals surface area contributed by atoms with Gasteiger partial charge in [-0.3, -0.25) is 4.79 Å². The number of rotatable bonds is 2. The normalized spacial score (nSPS) is 28.1. The predicted octanol–water partition coefficient (Wildman–Crippen LogP) is 1.91. The summed E-state index contributed by atoms with van der Waals surface area (Å²) in [5.74, 6) is 0.699. The molecule has 1 saturated carbocycles. The first-order valence-corrected chi connectivity index (χ1v) is 6.83. The first-order chi connectivity index (χ1) is 7.83. The van der Waals surface area contributed by atoms with E-state index in [4.69, 9.17) is 5.73 Å². The molecular weight excluding hydrogens is 200 g/mol. The van der Waals surface area contributed by atoms with Crippen LogP contribution in [-0.4, -0.2) is 29.9 Å². The topological polar surface area (TPSA) is 46.3 Å². The third-order valence-corrected chi connectivity index (χ3v) is 4.14. The summed E-state index contributed by atoms with van der Waals surface area (Å²) in [7, 11) is 0. The number of carbonyl (C=O) groups is 1. The molecule has 1 atom stereocenters. The second kappa shape index (κ2) is 5.67. The largest absolute Gasteiger partial charge is 0.338 e. The highest BCUT2D eigenvalue weighted by molar-refractivity contribution is 5.79. The van der Waals surface area contributed by atoms with Crippen LogP contribution in [0.4, 0.5) is 0 Å². The lowest BCUT2D eigenvalue weighted by atomic mass is 9.98. The van der Waals surface area contributed by atoms with Gasteiger partial charge in [0.2, 0.25) is 5.91 Å². The van der Waals surface area contributed by atoms with Gasteiger partial charge in [0.25, 0.3) is 0 Å². The molecule has 0 aromatic heterocycles. The maximum absolute atomic E-state index is 12.4. The molecule has 0 aromatic rings. The molecule has 92 valence electrons. The molecule has 1 amide bonds. The molecule has 3 heteroatoms. The molecule has 1 saturated heterocycles. The zero-order valence-corrected chi connectivity index (χ0v) is 10.2. The summed E-state index contributed by atoms with van der Waals surface area (Å²) in [6, 6.07) is 0.329. The summed E-state index contributed by atoms with van der Waals surface area (Å²) in [4.78, 5) is 14.5. The Kier molecular flexibility index (Phi) is 4.22. The summed E-state index contributed by atoms with van der Waals surface area (Å²) in [5, 5.41) is 0. The summed E-state index contributed by atoms with van der Waals surface area (Å²) in [6.07, 6.45) is 9.54. The zero-order valence-electron chi connectivity index (χ0n) is 10.2. The van der Waals surface area contributed by atoms with E-state index in [0.29, 0.717) is 24.4 Å². The lowest BCUT2D eigenvalue weighted by Crippen LogP contribution is -2.43. The van der Waals surface area contributed by atoms with E-state index in [2.05, 4.69) is 4.90 Å². The molecule has 0 aromatic carbocycles. The van der Waals surface area contributed by atoms with E-state index >= 15 is 0 Å². The molecule has 1 unspecified atom stereocenters. The van der Waals surface area contributed by atoms with Crippen molar-refractivity contribution in [3.05, 3.63) is 0 Å². The Balaban J connectivity index is 1.94. The van der Waals surface area contributed by atoms with Crippen molar-refractivity contribution in [3.63, 3.8) is 0 Å². The predicted molar refractivity (Wildman–Crippen MR) is 65.0 cm³/mol. The molecule has 16 heavy (non-hydrogen) atoms. The Labute approximate surface area is 98.4 Å². The van der Waals surface area contributed by atoms with E-state index < -0.39 is 0 Å². The van der Waals surface area contributed by atoms with Gasteiger partial charge in [-0.05, 0) is 25.7 Å². The van der Waals surface area contributed by atoms with Crippen molar-refractivity contribution < 1.29 is 4.79 Å². The Hall–Kier alpha value is -0.570. The van der Waals surface area contributed by atoms with Gasteiger partial charge in [-0.15, -0.1) is 0 Å². The Morgan fingerprint density at radius 1 is 1.06 bits per heavy atom. The monoisotopic (exact) mass is 224 g/mol. The van der Waals surface area contributed by atoms with E-state index in [0.717, 1.165) is 32.2 Å². The SMILES string of the molecule is NCC1CCCN1C(=O)C1CCCCCC1. The summed E-state index contributed by atoms with van der Waals surface area (Å²) in [6.45, 7) is 1.58. The lowest BCUT2D eigenvalue weighted by Gasteiger charge is -2.27. The molecule has 3 nitrogen and oxygen atoms in total. The van der Waals surface area contributed by atoms with Gasteiger partial charge in [-0.2, -0.15) is 0 Å². The molecule has 1 heterocycles. The molecule has 2 fully saturated rings. The zero-order chi connectivity index (χ0) is 11.4. The number of likely N-dealkylation sites (tertiary alicyclic amines) is 1. The van der Waals surface area contributed by atoms with Gasteiger partial charge in [-0.25, -0.2) is 0 Å². The number of hydrogen-bond donors (Lipinski definition) is 1. The van der Waals surface area contributed by atoms with E-state index in [9.17, 15) is 4.79 Å². The molecule has 0 spiro atoms. The van der Waals surface area contributed by atoms with Gasteiger partial charge in [0, 0.05) is 25.0 Å². The Morgan fingerprint density at radius 2 is 1.75 bits per heavy atom. The van der Waals surface area contributed by atoms with Crippen LogP contribution in [0.1, 0.15) is 51.4 Å². The van der Waals surface area contributed by atoms with Crippen LogP contribution in [0.3, 0.4) is 0 Å². The minimum atomic E-state index is 0.301. The minimum absolute atomic E-state index is 0.301. The maximum Gasteiger partial charge on any atom is 0.225 e. The Morgan fingerprint density at radius 3 is 2.38 bits per heavy atom. The highest BCUT2D eigenvalue weighted by Gasteiger charge is 2.32. The third-order valence-electron chi connectivity index (χ3n) is 4.14. The van der Waals surface area contributed by atoms with Crippen molar-refractivity contribution >= 4 is 5.91 Å². The molecule has 1 aliphatic carbocycles. The van der Waals surface area contributed by atoms with Gasteiger partial charge in [0.05, 0.1) is 0 Å². The average molecular weight is 224 g/mol. The second-order valence-electron chi connectivity index (χ2n) is 5.25. The molecule has 0 bridgehead atoms. The third kappa shape index (κ3) is 2.57. The van der Waals surface area contributed by atoms with E-state index in [-0.39, 0.29) is 0 Å². The highest BCUT2D eigenvalue weighted by atomic mass is 16.2. The standard InChI is InChI=1S/C13H24N2O/c14-10-12-8-5-9-15(12)13(16)11-6-3-1-2-4-7-11/h11-12H,1-10,14H2. The fourth-order valence-corrected chi connectivity index (χ4v) is 3.13. The first kappa shape index (κ1) is 11.9. The highest BCUT2D eigenvalue weighted by Crippen LogP contribution is 2.27. The van der Waals surface area contributed by atoms with Crippen molar-refractivity contribution in [3.8, 4) is 0 Å². The van der Waals surface area contributed by atoms with Crippen LogP contribution in [0.5, 0.6) is 0 Å². The van der Waals surface area contributed by atoms with Gasteiger partial charge < -0.3 is 10.6 Å². The van der Waals surface area contributed by atoms with Crippen LogP contribution >= 0.6 is 0 Å². The van der Waals surface area contributed by atoms with E-state index in [1.807, 2.05) is 0 Å². The number of carbonyl (C=O) groups excluding carboxylic acids is 1. The number of amides is 1. The molecule has 2 aliphatic rings. The van der Waals surface area contributed by atoms with Crippen molar-refractivity contribution in [2.75, 3.05) is 13.1 Å². The number of nitrogens with zero attached hydrogens (tertiary/aromatic N) is 1. The number of nitrogens with two attached hydrogens (primary N) is 1. The lowest BCUT2D eigenvalue weighted by molar-refractivity contribution is -0.136. The molecular formula is C13H24N2O. The van der Waals surface area contributed by atoms with Crippen LogP contribution in [-0.2, 0) is 4.79 Å². The van der Waals surface area contributed by atoms with Crippen LogP contribution in [0.15, 0.2) is 0 Å². The van der Waals surface area contributed by atoms with Crippen molar-refractivity contribution in [1.82, 2.24) is 4.90 Å². The van der Waals surface area contributed by atoms with Gasteiger partial charge in [-0.1, -0.05) is 25.7 Å².